The molecule has 0 aliphatic heterocycles. The Balaban J connectivity index is 3.49. The first-order valence-corrected chi connectivity index (χ1v) is 2.92. The minimum absolute atomic E-state index is 0.521. The summed E-state index contributed by atoms with van der Waals surface area (Å²) in [6.45, 7) is 7.97. The van der Waals surface area contributed by atoms with Crippen LogP contribution in [0.2, 0.25) is 0 Å². The number of hydrogen-bond donors (Lipinski definition) is 0. The second-order valence-corrected chi connectivity index (χ2v) is 1.87. The predicted molar refractivity (Wildman–Crippen MR) is 39.0 cm³/mol. The number of ether oxygens (including phenoxy) is 1. The van der Waals surface area contributed by atoms with Crippen LogP contribution < -0.4 is 0 Å². The smallest absolute Gasteiger partial charge is 0.186 e. The Morgan fingerprint density at radius 1 is 1.75 bits per heavy atom. The van der Waals surface area contributed by atoms with Crippen molar-refractivity contribution in [2.45, 2.75) is 13.8 Å². The molecule has 0 rings (SSSR count). The molecule has 46 valence electrons. The molecule has 0 aromatic heterocycles. The standard InChI is InChI=1S/C6H10OS/c1-4-7-6(8)5(2)3/h2,4H2,1,3H3. The maximum atomic E-state index is 4.94. The fourth-order valence-electron chi connectivity index (χ4n) is 0.254. The van der Waals surface area contributed by atoms with Gasteiger partial charge in [0.05, 0.1) is 6.61 Å². The Morgan fingerprint density at radius 3 is 2.38 bits per heavy atom. The van der Waals surface area contributed by atoms with E-state index >= 15 is 0 Å². The van der Waals surface area contributed by atoms with Crippen molar-refractivity contribution < 1.29 is 4.74 Å². The zero-order chi connectivity index (χ0) is 6.57. The molecule has 0 heterocycles. The zero-order valence-electron chi connectivity index (χ0n) is 5.23. The van der Waals surface area contributed by atoms with Crippen LogP contribution in [0.3, 0.4) is 0 Å². The van der Waals surface area contributed by atoms with E-state index in [4.69, 9.17) is 17.0 Å². The van der Waals surface area contributed by atoms with E-state index in [0.29, 0.717) is 11.7 Å². The van der Waals surface area contributed by atoms with Gasteiger partial charge < -0.3 is 4.74 Å². The molecule has 0 unspecified atom stereocenters. The van der Waals surface area contributed by atoms with Gasteiger partial charge in [0.2, 0.25) is 0 Å². The van der Waals surface area contributed by atoms with E-state index in [0.717, 1.165) is 5.57 Å². The van der Waals surface area contributed by atoms with Crippen LogP contribution >= 0.6 is 12.2 Å². The maximum absolute atomic E-state index is 4.94. The average Bonchev–Trinajstić information content (AvgIpc) is 1.67. The lowest BCUT2D eigenvalue weighted by Crippen LogP contribution is -2.00. The molecule has 0 N–H and O–H groups in total. The minimum atomic E-state index is 0.521. The highest BCUT2D eigenvalue weighted by molar-refractivity contribution is 7.80. The van der Waals surface area contributed by atoms with Gasteiger partial charge in [0.25, 0.3) is 0 Å². The van der Waals surface area contributed by atoms with Gasteiger partial charge in [0, 0.05) is 0 Å². The lowest BCUT2D eigenvalue weighted by atomic mass is 10.4. The molecule has 8 heavy (non-hydrogen) atoms. The van der Waals surface area contributed by atoms with Crippen molar-refractivity contribution in [3.8, 4) is 0 Å². The van der Waals surface area contributed by atoms with Crippen LogP contribution in [0.25, 0.3) is 0 Å². The molecule has 0 saturated heterocycles. The molecule has 0 spiro atoms. The molecule has 2 heteroatoms. The summed E-state index contributed by atoms with van der Waals surface area (Å²) in [7, 11) is 0. The van der Waals surface area contributed by atoms with Crippen molar-refractivity contribution in [3.05, 3.63) is 12.2 Å². The van der Waals surface area contributed by atoms with Gasteiger partial charge in [-0.25, -0.2) is 0 Å². The lowest BCUT2D eigenvalue weighted by molar-refractivity contribution is 0.337. The number of hydrogen-bond acceptors (Lipinski definition) is 2. The zero-order valence-corrected chi connectivity index (χ0v) is 6.05. The van der Waals surface area contributed by atoms with Crippen LogP contribution in [-0.4, -0.2) is 11.7 Å². The van der Waals surface area contributed by atoms with E-state index in [2.05, 4.69) is 6.58 Å². The van der Waals surface area contributed by atoms with Gasteiger partial charge in [-0.3, -0.25) is 0 Å². The summed E-state index contributed by atoms with van der Waals surface area (Å²) in [5.41, 5.74) is 0.821. The summed E-state index contributed by atoms with van der Waals surface area (Å²) in [4.78, 5) is 0. The molecule has 0 aliphatic rings. The Bertz CT molecular complexity index is 107. The molecule has 0 saturated carbocycles. The van der Waals surface area contributed by atoms with Gasteiger partial charge in [-0.05, 0) is 31.6 Å². The van der Waals surface area contributed by atoms with E-state index in [1.165, 1.54) is 0 Å². The molecular formula is C6H10OS. The number of thiocarbonyl (C=S) groups is 1. The van der Waals surface area contributed by atoms with E-state index in [1.54, 1.807) is 0 Å². The van der Waals surface area contributed by atoms with Crippen LogP contribution in [0.1, 0.15) is 13.8 Å². The van der Waals surface area contributed by atoms with Crippen molar-refractivity contribution in [1.82, 2.24) is 0 Å². The first kappa shape index (κ1) is 7.63. The topological polar surface area (TPSA) is 9.23 Å². The summed E-state index contributed by atoms with van der Waals surface area (Å²) in [5, 5.41) is 0.521. The van der Waals surface area contributed by atoms with Gasteiger partial charge in [-0.15, -0.1) is 0 Å². The lowest BCUT2D eigenvalue weighted by Gasteiger charge is -2.00. The fourth-order valence-corrected chi connectivity index (χ4v) is 0.372. The molecule has 1 nitrogen and oxygen atoms in total. The van der Waals surface area contributed by atoms with Crippen molar-refractivity contribution in [2.24, 2.45) is 0 Å². The highest BCUT2D eigenvalue weighted by Crippen LogP contribution is 1.93. The second-order valence-electron chi connectivity index (χ2n) is 1.50. The summed E-state index contributed by atoms with van der Waals surface area (Å²) >= 11 is 4.76. The maximum Gasteiger partial charge on any atom is 0.186 e. The van der Waals surface area contributed by atoms with Gasteiger partial charge in [-0.1, -0.05) is 6.58 Å². The van der Waals surface area contributed by atoms with Gasteiger partial charge >= 0.3 is 0 Å². The first-order chi connectivity index (χ1) is 3.68. The van der Waals surface area contributed by atoms with Crippen LogP contribution in [0.15, 0.2) is 12.2 Å². The number of rotatable bonds is 2. The van der Waals surface area contributed by atoms with Crippen LogP contribution in [0.5, 0.6) is 0 Å². The summed E-state index contributed by atoms with van der Waals surface area (Å²) in [6.07, 6.45) is 0. The van der Waals surface area contributed by atoms with Crippen molar-refractivity contribution >= 4 is 17.3 Å². The molecule has 0 radical (unpaired) electrons. The minimum Gasteiger partial charge on any atom is -0.483 e. The largest absolute Gasteiger partial charge is 0.483 e. The second kappa shape index (κ2) is 3.61. The molecule has 0 aliphatic carbocycles. The summed E-state index contributed by atoms with van der Waals surface area (Å²) in [5.74, 6) is 0. The molecule has 0 atom stereocenters. The van der Waals surface area contributed by atoms with E-state index in [-0.39, 0.29) is 0 Å². The Labute approximate surface area is 55.3 Å². The molecule has 0 bridgehead atoms. The summed E-state index contributed by atoms with van der Waals surface area (Å²) in [6, 6.07) is 0. The molecule has 0 fully saturated rings. The van der Waals surface area contributed by atoms with E-state index < -0.39 is 0 Å². The van der Waals surface area contributed by atoms with Crippen molar-refractivity contribution in [1.29, 1.82) is 0 Å². The Hall–Kier alpha value is -0.370. The quantitative estimate of drug-likeness (QED) is 0.417. The van der Waals surface area contributed by atoms with Gasteiger partial charge in [0.1, 0.15) is 0 Å². The Morgan fingerprint density at radius 2 is 2.25 bits per heavy atom. The third-order valence-corrected chi connectivity index (χ3v) is 1.09. The highest BCUT2D eigenvalue weighted by atomic mass is 32.1. The molecular weight excluding hydrogens is 120 g/mol. The molecule has 0 aromatic carbocycles. The van der Waals surface area contributed by atoms with Crippen LogP contribution in [0, 0.1) is 0 Å². The summed E-state index contributed by atoms with van der Waals surface area (Å²) < 4.78 is 4.94. The molecule has 0 aromatic rings. The molecule has 0 amide bonds. The Kier molecular flexibility index (Phi) is 3.44. The third-order valence-electron chi connectivity index (χ3n) is 0.624. The average molecular weight is 130 g/mol. The van der Waals surface area contributed by atoms with Gasteiger partial charge in [-0.2, -0.15) is 0 Å². The van der Waals surface area contributed by atoms with Crippen molar-refractivity contribution in [2.75, 3.05) is 6.61 Å². The van der Waals surface area contributed by atoms with E-state index in [1.807, 2.05) is 13.8 Å². The fraction of sp³-hybridized carbons (Fsp3) is 0.500. The van der Waals surface area contributed by atoms with Crippen LogP contribution in [0.4, 0.5) is 0 Å². The normalized spacial score (nSPS) is 8.25. The van der Waals surface area contributed by atoms with Crippen molar-refractivity contribution in [3.63, 3.8) is 0 Å². The monoisotopic (exact) mass is 130 g/mol. The van der Waals surface area contributed by atoms with Crippen LogP contribution in [-0.2, 0) is 4.74 Å². The SMILES string of the molecule is C=C(C)C(=S)OCC. The van der Waals surface area contributed by atoms with Gasteiger partial charge in [0.15, 0.2) is 5.05 Å². The first-order valence-electron chi connectivity index (χ1n) is 2.51. The highest BCUT2D eigenvalue weighted by Gasteiger charge is 1.92. The third kappa shape index (κ3) is 2.75. The predicted octanol–water partition coefficient (Wildman–Crippen LogP) is 1.93. The van der Waals surface area contributed by atoms with E-state index in [9.17, 15) is 0 Å².